The van der Waals surface area contributed by atoms with Crippen LogP contribution in [0.3, 0.4) is 0 Å². The van der Waals surface area contributed by atoms with Gasteiger partial charge in [0.05, 0.1) is 6.10 Å². The predicted octanol–water partition coefficient (Wildman–Crippen LogP) is 5.53. The molecule has 0 amide bonds. The van der Waals surface area contributed by atoms with Crippen LogP contribution in [-0.2, 0) is 4.79 Å². The number of hydrogen-bond donors (Lipinski definition) is 2. The van der Waals surface area contributed by atoms with Gasteiger partial charge in [-0.2, -0.15) is 0 Å². The number of nitrogens with one attached hydrogen (secondary N) is 1. The van der Waals surface area contributed by atoms with Gasteiger partial charge in [0.15, 0.2) is 0 Å². The van der Waals surface area contributed by atoms with Gasteiger partial charge >= 0.3 is 0 Å². The van der Waals surface area contributed by atoms with E-state index in [-0.39, 0.29) is 22.9 Å². The van der Waals surface area contributed by atoms with Gasteiger partial charge < -0.3 is 10.4 Å². The second kappa shape index (κ2) is 7.22. The van der Waals surface area contributed by atoms with Crippen molar-refractivity contribution in [2.75, 3.05) is 11.9 Å². The fourth-order valence-electron chi connectivity index (χ4n) is 7.86. The van der Waals surface area contributed by atoms with Crippen LogP contribution >= 0.6 is 0 Å². The molecular weight excluding hydrogens is 370 g/mol. The molecule has 1 aromatic rings. The molecule has 162 valence electrons. The molecule has 7 atom stereocenters. The molecule has 0 spiro atoms. The third-order valence-corrected chi connectivity index (χ3v) is 9.76. The fraction of sp³-hybridized carbons (Fsp3) is 0.667. The lowest BCUT2D eigenvalue weighted by molar-refractivity contribution is -0.121. The van der Waals surface area contributed by atoms with E-state index in [1.165, 1.54) is 17.6 Å². The van der Waals surface area contributed by atoms with Crippen LogP contribution in [0.1, 0.15) is 64.4 Å². The molecule has 30 heavy (non-hydrogen) atoms. The zero-order valence-corrected chi connectivity index (χ0v) is 18.8. The number of rotatable bonds is 3. The highest BCUT2D eigenvalue weighted by atomic mass is 16.3. The Morgan fingerprint density at radius 1 is 1.10 bits per heavy atom. The number of aliphatic hydroxyl groups is 1. The van der Waals surface area contributed by atoms with Gasteiger partial charge in [0.2, 0.25) is 0 Å². The van der Waals surface area contributed by atoms with Gasteiger partial charge in [0, 0.05) is 24.6 Å². The van der Waals surface area contributed by atoms with Gasteiger partial charge in [-0.15, -0.1) is 0 Å². The number of aryl methyl sites for hydroxylation is 1. The molecule has 4 aliphatic rings. The monoisotopic (exact) mass is 407 g/mol. The second-order valence-corrected chi connectivity index (χ2v) is 11.1. The molecule has 0 aromatic heterocycles. The maximum atomic E-state index is 13.2. The minimum absolute atomic E-state index is 0.115. The first-order valence-electron chi connectivity index (χ1n) is 12.0. The van der Waals surface area contributed by atoms with Crippen LogP contribution < -0.4 is 5.32 Å². The average Bonchev–Trinajstić information content (AvgIpc) is 2.98. The van der Waals surface area contributed by atoms with Gasteiger partial charge in [0.1, 0.15) is 5.78 Å². The maximum absolute atomic E-state index is 13.2. The molecule has 0 unspecified atom stereocenters. The van der Waals surface area contributed by atoms with Gasteiger partial charge in [-0.05, 0) is 85.7 Å². The second-order valence-electron chi connectivity index (χ2n) is 11.1. The number of aliphatic hydroxyl groups excluding tert-OH is 1. The first-order valence-corrected chi connectivity index (χ1v) is 12.0. The minimum Gasteiger partial charge on any atom is -0.393 e. The summed E-state index contributed by atoms with van der Waals surface area (Å²) >= 11 is 0. The third-order valence-electron chi connectivity index (χ3n) is 9.76. The highest BCUT2D eigenvalue weighted by Crippen LogP contribution is 2.65. The topological polar surface area (TPSA) is 49.3 Å². The molecule has 4 aliphatic carbocycles. The van der Waals surface area contributed by atoms with Crippen molar-refractivity contribution in [3.8, 4) is 0 Å². The quantitative estimate of drug-likeness (QED) is 0.648. The van der Waals surface area contributed by atoms with Crippen molar-refractivity contribution >= 4 is 11.5 Å². The molecule has 0 heterocycles. The number of carbonyl (C=O) groups excluding carboxylic acids is 1. The Hall–Kier alpha value is -1.61. The van der Waals surface area contributed by atoms with Crippen LogP contribution in [0.4, 0.5) is 5.69 Å². The smallest absolute Gasteiger partial charge is 0.138 e. The molecule has 0 radical (unpaired) electrons. The van der Waals surface area contributed by atoms with E-state index in [9.17, 15) is 9.90 Å². The number of anilines is 1. The number of ketones is 1. The number of allylic oxidation sites excluding steroid dienone is 1. The highest BCUT2D eigenvalue weighted by molar-refractivity contribution is 5.85. The molecule has 3 heteroatoms. The Labute approximate surface area is 181 Å². The third kappa shape index (κ3) is 2.99. The summed E-state index contributed by atoms with van der Waals surface area (Å²) in [6.45, 7) is 7.76. The Kier molecular flexibility index (Phi) is 4.89. The number of para-hydroxylation sites is 1. The Morgan fingerprint density at radius 2 is 1.90 bits per heavy atom. The Balaban J connectivity index is 1.38. The summed E-state index contributed by atoms with van der Waals surface area (Å²) in [6.07, 6.45) is 9.47. The zero-order valence-electron chi connectivity index (χ0n) is 18.8. The summed E-state index contributed by atoms with van der Waals surface area (Å²) in [7, 11) is 0. The van der Waals surface area contributed by atoms with Gasteiger partial charge in [-0.1, -0.05) is 43.7 Å². The van der Waals surface area contributed by atoms with Crippen LogP contribution in [0.15, 0.2) is 35.9 Å². The van der Waals surface area contributed by atoms with Crippen molar-refractivity contribution in [3.63, 3.8) is 0 Å². The summed E-state index contributed by atoms with van der Waals surface area (Å²) in [6, 6.07) is 8.38. The van der Waals surface area contributed by atoms with Crippen molar-refractivity contribution in [1.29, 1.82) is 0 Å². The van der Waals surface area contributed by atoms with Crippen LogP contribution in [-0.4, -0.2) is 23.5 Å². The molecule has 3 saturated carbocycles. The van der Waals surface area contributed by atoms with E-state index in [1.807, 2.05) is 0 Å². The normalized spacial score (nSPS) is 42.7. The lowest BCUT2D eigenvalue weighted by Gasteiger charge is -2.57. The lowest BCUT2D eigenvalue weighted by Crippen LogP contribution is -2.51. The summed E-state index contributed by atoms with van der Waals surface area (Å²) in [5.74, 6) is 2.41. The molecule has 0 saturated heterocycles. The Bertz CT molecular complexity index is 875. The number of Topliss-reactive ketones (excluding diaryl/α,β-unsaturated/α-hetero) is 1. The predicted molar refractivity (Wildman–Crippen MR) is 121 cm³/mol. The van der Waals surface area contributed by atoms with E-state index in [2.05, 4.69) is 56.4 Å². The average molecular weight is 408 g/mol. The molecule has 0 bridgehead atoms. The highest BCUT2D eigenvalue weighted by Gasteiger charge is 2.60. The summed E-state index contributed by atoms with van der Waals surface area (Å²) in [5.41, 5.74) is 4.26. The van der Waals surface area contributed by atoms with E-state index in [0.717, 1.165) is 50.8 Å². The number of benzene rings is 1. The van der Waals surface area contributed by atoms with E-state index < -0.39 is 0 Å². The van der Waals surface area contributed by atoms with Crippen molar-refractivity contribution in [2.45, 2.75) is 71.8 Å². The number of fused-ring (bicyclic) bond motifs is 5. The van der Waals surface area contributed by atoms with E-state index >= 15 is 0 Å². The minimum atomic E-state index is -0.153. The van der Waals surface area contributed by atoms with E-state index in [0.29, 0.717) is 23.5 Å². The van der Waals surface area contributed by atoms with Gasteiger partial charge in [-0.3, -0.25) is 4.79 Å². The Morgan fingerprint density at radius 3 is 2.70 bits per heavy atom. The van der Waals surface area contributed by atoms with Crippen LogP contribution in [0.5, 0.6) is 0 Å². The standard InChI is InChI=1S/C27H37NO2/c1-17-6-4-5-7-24(17)28-16-23-25(30)15-22-20-9-8-18-14-19(29)10-12-26(18,2)21(20)11-13-27(22,23)3/h4-8,19-23,28-29H,9-16H2,1-3H3/t19-,20+,21-,22-,23-,26-,27-/m0/s1. The molecule has 5 rings (SSSR count). The lowest BCUT2D eigenvalue weighted by atomic mass is 9.47. The molecule has 0 aliphatic heterocycles. The molecule has 3 fully saturated rings. The van der Waals surface area contributed by atoms with Crippen LogP contribution in [0, 0.1) is 41.4 Å². The van der Waals surface area contributed by atoms with Gasteiger partial charge in [-0.25, -0.2) is 0 Å². The SMILES string of the molecule is Cc1ccccc1NC[C@H]1C(=O)C[C@H]2[C@@H]3CC=C4C[C@@H](O)CC[C@]4(C)[C@H]3CC[C@]12C. The summed E-state index contributed by atoms with van der Waals surface area (Å²) in [5, 5.41) is 13.8. The van der Waals surface area contributed by atoms with Crippen molar-refractivity contribution in [1.82, 2.24) is 0 Å². The fourth-order valence-corrected chi connectivity index (χ4v) is 7.86. The van der Waals surface area contributed by atoms with E-state index in [1.54, 1.807) is 0 Å². The first-order chi connectivity index (χ1) is 14.3. The van der Waals surface area contributed by atoms with Crippen LogP contribution in [0.2, 0.25) is 0 Å². The summed E-state index contributed by atoms with van der Waals surface area (Å²) < 4.78 is 0. The molecule has 3 nitrogen and oxygen atoms in total. The van der Waals surface area contributed by atoms with Gasteiger partial charge in [0.25, 0.3) is 0 Å². The van der Waals surface area contributed by atoms with Crippen molar-refractivity contribution in [3.05, 3.63) is 41.5 Å². The largest absolute Gasteiger partial charge is 0.393 e. The zero-order chi connectivity index (χ0) is 21.1. The molecular formula is C27H37NO2. The molecule has 2 N–H and O–H groups in total. The van der Waals surface area contributed by atoms with Crippen molar-refractivity contribution < 1.29 is 9.90 Å². The number of hydrogen-bond acceptors (Lipinski definition) is 3. The molecule has 1 aromatic carbocycles. The van der Waals surface area contributed by atoms with Crippen molar-refractivity contribution in [2.24, 2.45) is 34.5 Å². The van der Waals surface area contributed by atoms with E-state index in [4.69, 9.17) is 0 Å². The van der Waals surface area contributed by atoms with Crippen LogP contribution in [0.25, 0.3) is 0 Å². The summed E-state index contributed by atoms with van der Waals surface area (Å²) in [4.78, 5) is 13.2. The maximum Gasteiger partial charge on any atom is 0.138 e. The number of carbonyl (C=O) groups is 1. The first kappa shape index (κ1) is 20.3.